The van der Waals surface area contributed by atoms with Crippen LogP contribution in [0.1, 0.15) is 12.7 Å². The van der Waals surface area contributed by atoms with Crippen molar-refractivity contribution in [2.45, 2.75) is 24.9 Å². The topological polar surface area (TPSA) is 55.2 Å². The zero-order valence-electron chi connectivity index (χ0n) is 13.8. The van der Waals surface area contributed by atoms with Crippen LogP contribution < -0.4 is 0 Å². The fraction of sp³-hybridized carbons (Fsp3) is 0.235. The third-order valence-corrected chi connectivity index (χ3v) is 6.31. The third-order valence-electron chi connectivity index (χ3n) is 4.00. The van der Waals surface area contributed by atoms with Gasteiger partial charge in [0.05, 0.1) is 17.6 Å². The van der Waals surface area contributed by atoms with Crippen LogP contribution in [0.4, 0.5) is 4.39 Å². The summed E-state index contributed by atoms with van der Waals surface area (Å²) in [5.74, 6) is -0.163. The molecule has 3 aromatic rings. The maximum absolute atomic E-state index is 14.0. The second kappa shape index (κ2) is 6.86. The van der Waals surface area contributed by atoms with E-state index >= 15 is 0 Å². The smallest absolute Gasteiger partial charge is 0.246 e. The molecule has 0 saturated carbocycles. The number of fused-ring (bicyclic) bond motifs is 1. The molecule has 3 rings (SSSR count). The van der Waals surface area contributed by atoms with E-state index in [1.807, 2.05) is 35.8 Å². The Labute approximate surface area is 154 Å². The molecule has 0 aliphatic carbocycles. The minimum absolute atomic E-state index is 0.0524. The summed E-state index contributed by atoms with van der Waals surface area (Å²) in [7, 11) is -2.55. The van der Waals surface area contributed by atoms with E-state index in [0.29, 0.717) is 16.8 Å². The zero-order valence-corrected chi connectivity index (χ0v) is 16.2. The lowest BCUT2D eigenvalue weighted by Crippen LogP contribution is -2.28. The Morgan fingerprint density at radius 1 is 1.24 bits per heavy atom. The molecule has 0 radical (unpaired) electrons. The second-order valence-electron chi connectivity index (χ2n) is 5.60. The van der Waals surface area contributed by atoms with Crippen LogP contribution in [0, 0.1) is 5.82 Å². The minimum atomic E-state index is -3.98. The largest absolute Gasteiger partial charge is 0.327 e. The molecule has 8 heteroatoms. The van der Waals surface area contributed by atoms with Crippen molar-refractivity contribution in [2.24, 2.45) is 0 Å². The summed E-state index contributed by atoms with van der Waals surface area (Å²) in [5.41, 5.74) is 1.75. The van der Waals surface area contributed by atoms with Gasteiger partial charge < -0.3 is 4.57 Å². The van der Waals surface area contributed by atoms with Crippen molar-refractivity contribution in [1.29, 1.82) is 0 Å². The number of rotatable bonds is 5. The zero-order chi connectivity index (χ0) is 18.2. The lowest BCUT2D eigenvalue weighted by atomic mass is 10.3. The van der Waals surface area contributed by atoms with Crippen LogP contribution in [-0.2, 0) is 23.1 Å². The molecule has 132 valence electrons. The summed E-state index contributed by atoms with van der Waals surface area (Å²) in [6, 6.07) is 11.5. The van der Waals surface area contributed by atoms with Gasteiger partial charge in [-0.1, -0.05) is 28.1 Å². The molecular weight excluding hydrogens is 409 g/mol. The van der Waals surface area contributed by atoms with Crippen molar-refractivity contribution in [1.82, 2.24) is 13.9 Å². The van der Waals surface area contributed by atoms with E-state index in [-0.39, 0.29) is 11.4 Å². The van der Waals surface area contributed by atoms with Gasteiger partial charge in [0, 0.05) is 18.1 Å². The summed E-state index contributed by atoms with van der Waals surface area (Å²) in [4.78, 5) is 4.17. The van der Waals surface area contributed by atoms with E-state index in [2.05, 4.69) is 20.9 Å². The van der Waals surface area contributed by atoms with Crippen LogP contribution in [0.15, 0.2) is 51.8 Å². The highest BCUT2D eigenvalue weighted by Gasteiger charge is 2.26. The molecule has 0 N–H and O–H groups in total. The monoisotopic (exact) mass is 425 g/mol. The van der Waals surface area contributed by atoms with Gasteiger partial charge in [-0.05, 0) is 37.3 Å². The first-order valence-electron chi connectivity index (χ1n) is 7.70. The van der Waals surface area contributed by atoms with Crippen molar-refractivity contribution < 1.29 is 12.8 Å². The molecule has 0 saturated heterocycles. The Hall–Kier alpha value is -1.77. The molecule has 2 aromatic carbocycles. The molecule has 0 spiro atoms. The number of hydrogen-bond donors (Lipinski definition) is 0. The normalized spacial score (nSPS) is 12.2. The van der Waals surface area contributed by atoms with Crippen molar-refractivity contribution in [3.63, 3.8) is 0 Å². The summed E-state index contributed by atoms with van der Waals surface area (Å²) in [5, 5.41) is 0. The molecule has 0 aliphatic rings. The number of hydrogen-bond acceptors (Lipinski definition) is 3. The number of halogens is 2. The van der Waals surface area contributed by atoms with E-state index in [1.165, 1.54) is 19.2 Å². The number of benzene rings is 2. The Kier molecular flexibility index (Phi) is 4.95. The first-order valence-corrected chi connectivity index (χ1v) is 9.93. The quantitative estimate of drug-likeness (QED) is 0.624. The van der Waals surface area contributed by atoms with E-state index in [0.717, 1.165) is 21.4 Å². The van der Waals surface area contributed by atoms with Gasteiger partial charge in [-0.25, -0.2) is 17.8 Å². The Bertz CT molecular complexity index is 1030. The van der Waals surface area contributed by atoms with Crippen LogP contribution in [0.25, 0.3) is 11.0 Å². The van der Waals surface area contributed by atoms with Crippen LogP contribution in [0.5, 0.6) is 0 Å². The van der Waals surface area contributed by atoms with E-state index < -0.39 is 15.8 Å². The van der Waals surface area contributed by atoms with Crippen LogP contribution >= 0.6 is 15.9 Å². The number of aromatic nitrogens is 2. The molecule has 0 bridgehead atoms. The molecule has 0 unspecified atom stereocenters. The number of aryl methyl sites for hydroxylation is 1. The molecule has 0 aliphatic heterocycles. The van der Waals surface area contributed by atoms with Gasteiger partial charge in [0.1, 0.15) is 16.5 Å². The second-order valence-corrected chi connectivity index (χ2v) is 8.53. The van der Waals surface area contributed by atoms with Crippen LogP contribution in [-0.4, -0.2) is 29.3 Å². The number of nitrogens with zero attached hydrogens (tertiary/aromatic N) is 3. The van der Waals surface area contributed by atoms with Gasteiger partial charge in [-0.15, -0.1) is 0 Å². The van der Waals surface area contributed by atoms with E-state index in [4.69, 9.17) is 0 Å². The number of sulfonamides is 1. The lowest BCUT2D eigenvalue weighted by molar-refractivity contribution is 0.443. The van der Waals surface area contributed by atoms with Crippen LogP contribution in [0.2, 0.25) is 0 Å². The average Bonchev–Trinajstić information content (AvgIpc) is 2.93. The van der Waals surface area contributed by atoms with Gasteiger partial charge in [-0.2, -0.15) is 4.31 Å². The summed E-state index contributed by atoms with van der Waals surface area (Å²) in [6.07, 6.45) is 0. The van der Waals surface area contributed by atoms with Gasteiger partial charge >= 0.3 is 0 Å². The third kappa shape index (κ3) is 3.33. The Morgan fingerprint density at radius 2 is 1.96 bits per heavy atom. The van der Waals surface area contributed by atoms with Crippen molar-refractivity contribution >= 4 is 37.0 Å². The SMILES string of the molecule is CCn1c(CN(C)S(=O)(=O)c2cc(Br)ccc2F)nc2ccccc21. The molecule has 1 heterocycles. The average molecular weight is 426 g/mol. The first kappa shape index (κ1) is 18.0. The van der Waals surface area contributed by atoms with Gasteiger partial charge in [0.25, 0.3) is 0 Å². The minimum Gasteiger partial charge on any atom is -0.327 e. The number of imidazole rings is 1. The predicted molar refractivity (Wildman–Crippen MR) is 98.2 cm³/mol. The molecule has 0 amide bonds. The summed E-state index contributed by atoms with van der Waals surface area (Å²) < 4.78 is 43.1. The first-order chi connectivity index (χ1) is 11.8. The lowest BCUT2D eigenvalue weighted by Gasteiger charge is -2.18. The summed E-state index contributed by atoms with van der Waals surface area (Å²) in [6.45, 7) is 2.69. The fourth-order valence-corrected chi connectivity index (χ4v) is 4.45. The van der Waals surface area contributed by atoms with Crippen molar-refractivity contribution in [3.05, 3.63) is 58.6 Å². The van der Waals surface area contributed by atoms with Gasteiger partial charge in [0.2, 0.25) is 10.0 Å². The highest BCUT2D eigenvalue weighted by Crippen LogP contribution is 2.24. The molecular formula is C17H17BrFN3O2S. The maximum Gasteiger partial charge on any atom is 0.246 e. The molecule has 0 atom stereocenters. The molecule has 25 heavy (non-hydrogen) atoms. The Balaban J connectivity index is 1.99. The number of para-hydroxylation sites is 2. The highest BCUT2D eigenvalue weighted by atomic mass is 79.9. The summed E-state index contributed by atoms with van der Waals surface area (Å²) >= 11 is 3.18. The fourth-order valence-electron chi connectivity index (χ4n) is 2.73. The Morgan fingerprint density at radius 3 is 2.68 bits per heavy atom. The molecule has 1 aromatic heterocycles. The van der Waals surface area contributed by atoms with E-state index in [9.17, 15) is 12.8 Å². The van der Waals surface area contributed by atoms with Gasteiger partial charge in [0.15, 0.2) is 0 Å². The maximum atomic E-state index is 14.0. The van der Waals surface area contributed by atoms with E-state index in [1.54, 1.807) is 0 Å². The van der Waals surface area contributed by atoms with Gasteiger partial charge in [-0.3, -0.25) is 0 Å². The molecule has 0 fully saturated rings. The standard InChI is InChI=1S/C17H17BrFN3O2S/c1-3-22-15-7-5-4-6-14(15)20-17(22)11-21(2)25(23,24)16-10-12(18)8-9-13(16)19/h4-10H,3,11H2,1-2H3. The van der Waals surface area contributed by atoms with Crippen molar-refractivity contribution in [2.75, 3.05) is 7.05 Å². The predicted octanol–water partition coefficient (Wildman–Crippen LogP) is 3.78. The van der Waals surface area contributed by atoms with Crippen LogP contribution in [0.3, 0.4) is 0 Å². The van der Waals surface area contributed by atoms with Crippen molar-refractivity contribution in [3.8, 4) is 0 Å². The highest BCUT2D eigenvalue weighted by molar-refractivity contribution is 9.10. The molecule has 5 nitrogen and oxygen atoms in total.